The Morgan fingerprint density at radius 3 is 2.95 bits per heavy atom. The lowest BCUT2D eigenvalue weighted by atomic mass is 10.1. The highest BCUT2D eigenvalue weighted by atomic mass is 79.9. The first kappa shape index (κ1) is 14.1. The van der Waals surface area contributed by atoms with E-state index in [0.717, 1.165) is 17.7 Å². The van der Waals surface area contributed by atoms with E-state index in [1.807, 2.05) is 12.1 Å². The number of benzene rings is 2. The van der Waals surface area contributed by atoms with Crippen LogP contribution in [0.15, 0.2) is 34.8 Å². The zero-order chi connectivity index (χ0) is 15.0. The Labute approximate surface area is 130 Å². The van der Waals surface area contributed by atoms with E-state index in [9.17, 15) is 9.18 Å². The SMILES string of the molecule is Cc1cc(F)c(Br)cc1NC(=O)c1ccc2c(c1)CCO2. The molecular formula is C16H13BrFNO2. The van der Waals surface area contributed by atoms with Gasteiger partial charge in [0.15, 0.2) is 0 Å². The fourth-order valence-corrected chi connectivity index (χ4v) is 2.65. The van der Waals surface area contributed by atoms with Crippen molar-refractivity contribution in [3.8, 4) is 5.75 Å². The van der Waals surface area contributed by atoms with Gasteiger partial charge in [-0.2, -0.15) is 0 Å². The van der Waals surface area contributed by atoms with Crippen LogP contribution >= 0.6 is 15.9 Å². The molecule has 21 heavy (non-hydrogen) atoms. The van der Waals surface area contributed by atoms with Crippen molar-refractivity contribution in [2.24, 2.45) is 0 Å². The first-order valence-electron chi connectivity index (χ1n) is 6.57. The standard InChI is InChI=1S/C16H13BrFNO2/c1-9-6-13(18)12(17)8-14(9)19-16(20)11-2-3-15-10(7-11)4-5-21-15/h2-3,6-8H,4-5H2,1H3,(H,19,20). The van der Waals surface area contributed by atoms with E-state index < -0.39 is 0 Å². The third-order valence-electron chi connectivity index (χ3n) is 3.47. The number of hydrogen-bond donors (Lipinski definition) is 1. The lowest BCUT2D eigenvalue weighted by Gasteiger charge is -2.10. The van der Waals surface area contributed by atoms with Gasteiger partial charge in [-0.05, 0) is 64.3 Å². The second kappa shape index (κ2) is 5.48. The molecule has 2 aromatic rings. The van der Waals surface area contributed by atoms with Crippen molar-refractivity contribution in [3.05, 3.63) is 57.3 Å². The molecule has 0 spiro atoms. The van der Waals surface area contributed by atoms with Crippen molar-refractivity contribution in [3.63, 3.8) is 0 Å². The van der Waals surface area contributed by atoms with Gasteiger partial charge in [-0.3, -0.25) is 4.79 Å². The number of rotatable bonds is 2. The van der Waals surface area contributed by atoms with Crippen molar-refractivity contribution < 1.29 is 13.9 Å². The second-order valence-electron chi connectivity index (χ2n) is 4.96. The molecule has 1 N–H and O–H groups in total. The molecule has 108 valence electrons. The molecule has 0 unspecified atom stereocenters. The van der Waals surface area contributed by atoms with Crippen LogP contribution in [0.3, 0.4) is 0 Å². The smallest absolute Gasteiger partial charge is 0.255 e. The van der Waals surface area contributed by atoms with Crippen molar-refractivity contribution in [1.82, 2.24) is 0 Å². The molecule has 0 saturated carbocycles. The molecule has 1 amide bonds. The monoisotopic (exact) mass is 349 g/mol. The average Bonchev–Trinajstić information content (AvgIpc) is 2.92. The molecule has 5 heteroatoms. The van der Waals surface area contributed by atoms with Gasteiger partial charge in [0.25, 0.3) is 5.91 Å². The Morgan fingerprint density at radius 1 is 1.33 bits per heavy atom. The van der Waals surface area contributed by atoms with E-state index in [-0.39, 0.29) is 11.7 Å². The van der Waals surface area contributed by atoms with Crippen LogP contribution in [-0.2, 0) is 6.42 Å². The predicted octanol–water partition coefficient (Wildman–Crippen LogP) is 4.08. The van der Waals surface area contributed by atoms with Gasteiger partial charge in [0.1, 0.15) is 11.6 Å². The molecule has 3 rings (SSSR count). The Hall–Kier alpha value is -1.88. The predicted molar refractivity (Wildman–Crippen MR) is 82.4 cm³/mol. The second-order valence-corrected chi connectivity index (χ2v) is 5.81. The van der Waals surface area contributed by atoms with Crippen molar-refractivity contribution in [2.45, 2.75) is 13.3 Å². The molecule has 0 atom stereocenters. The maximum Gasteiger partial charge on any atom is 0.255 e. The number of nitrogens with one attached hydrogen (secondary N) is 1. The van der Waals surface area contributed by atoms with Crippen molar-refractivity contribution in [1.29, 1.82) is 0 Å². The van der Waals surface area contributed by atoms with Crippen LogP contribution in [0.4, 0.5) is 10.1 Å². The number of anilines is 1. The number of amides is 1. The number of hydrogen-bond acceptors (Lipinski definition) is 2. The normalized spacial score (nSPS) is 12.7. The van der Waals surface area contributed by atoms with E-state index in [1.165, 1.54) is 6.07 Å². The van der Waals surface area contributed by atoms with Crippen molar-refractivity contribution in [2.75, 3.05) is 11.9 Å². The quantitative estimate of drug-likeness (QED) is 0.886. The van der Waals surface area contributed by atoms with E-state index in [0.29, 0.717) is 27.9 Å². The zero-order valence-corrected chi connectivity index (χ0v) is 13.0. The summed E-state index contributed by atoms with van der Waals surface area (Å²) in [5, 5.41) is 2.81. The highest BCUT2D eigenvalue weighted by molar-refractivity contribution is 9.10. The Kier molecular flexibility index (Phi) is 3.68. The summed E-state index contributed by atoms with van der Waals surface area (Å²) in [5.41, 5.74) is 2.87. The summed E-state index contributed by atoms with van der Waals surface area (Å²) in [6.45, 7) is 2.41. The van der Waals surface area contributed by atoms with E-state index in [4.69, 9.17) is 4.74 Å². The molecule has 0 saturated heterocycles. The third kappa shape index (κ3) is 2.78. The van der Waals surface area contributed by atoms with Crippen LogP contribution in [0.2, 0.25) is 0 Å². The van der Waals surface area contributed by atoms with Crippen molar-refractivity contribution >= 4 is 27.5 Å². The summed E-state index contributed by atoms with van der Waals surface area (Å²) in [6.07, 6.45) is 0.817. The highest BCUT2D eigenvalue weighted by Crippen LogP contribution is 2.27. The Bertz CT molecular complexity index is 730. The highest BCUT2D eigenvalue weighted by Gasteiger charge is 2.16. The average molecular weight is 350 g/mol. The number of aryl methyl sites for hydroxylation is 1. The first-order valence-corrected chi connectivity index (χ1v) is 7.36. The maximum atomic E-state index is 13.4. The van der Waals surface area contributed by atoms with Crippen LogP contribution < -0.4 is 10.1 Å². The first-order chi connectivity index (χ1) is 10.0. The summed E-state index contributed by atoms with van der Waals surface area (Å²) in [6, 6.07) is 8.33. The summed E-state index contributed by atoms with van der Waals surface area (Å²) < 4.78 is 19.1. The van der Waals surface area contributed by atoms with Gasteiger partial charge in [0.05, 0.1) is 11.1 Å². The van der Waals surface area contributed by atoms with Gasteiger partial charge in [-0.1, -0.05) is 0 Å². The lowest BCUT2D eigenvalue weighted by Crippen LogP contribution is -2.13. The van der Waals surface area contributed by atoms with Gasteiger partial charge in [0, 0.05) is 17.7 Å². The number of ether oxygens (including phenoxy) is 1. The van der Waals surface area contributed by atoms with Gasteiger partial charge in [0.2, 0.25) is 0 Å². The fourth-order valence-electron chi connectivity index (χ4n) is 2.30. The Morgan fingerprint density at radius 2 is 2.14 bits per heavy atom. The summed E-state index contributed by atoms with van der Waals surface area (Å²) in [7, 11) is 0. The number of carbonyl (C=O) groups is 1. The number of fused-ring (bicyclic) bond motifs is 1. The van der Waals surface area contributed by atoms with E-state index in [1.54, 1.807) is 19.1 Å². The minimum Gasteiger partial charge on any atom is -0.493 e. The molecule has 2 aromatic carbocycles. The Balaban J connectivity index is 1.85. The number of carbonyl (C=O) groups excluding carboxylic acids is 1. The molecule has 0 radical (unpaired) electrons. The van der Waals surface area contributed by atoms with Gasteiger partial charge < -0.3 is 10.1 Å². The molecule has 0 bridgehead atoms. The van der Waals surface area contributed by atoms with Crippen LogP contribution in [-0.4, -0.2) is 12.5 Å². The summed E-state index contributed by atoms with van der Waals surface area (Å²) in [5.74, 6) is 0.277. The van der Waals surface area contributed by atoms with E-state index >= 15 is 0 Å². The summed E-state index contributed by atoms with van der Waals surface area (Å²) >= 11 is 3.12. The largest absolute Gasteiger partial charge is 0.493 e. The molecule has 1 aliphatic heterocycles. The minimum atomic E-state index is -0.347. The fraction of sp³-hybridized carbons (Fsp3) is 0.188. The lowest BCUT2D eigenvalue weighted by molar-refractivity contribution is 0.102. The third-order valence-corrected chi connectivity index (χ3v) is 4.07. The topological polar surface area (TPSA) is 38.3 Å². The van der Waals surface area contributed by atoms with Crippen LogP contribution in [0, 0.1) is 12.7 Å². The van der Waals surface area contributed by atoms with Gasteiger partial charge in [-0.25, -0.2) is 4.39 Å². The molecule has 1 heterocycles. The van der Waals surface area contributed by atoms with Gasteiger partial charge >= 0.3 is 0 Å². The zero-order valence-electron chi connectivity index (χ0n) is 11.4. The molecule has 0 aliphatic carbocycles. The van der Waals surface area contributed by atoms with Crippen LogP contribution in [0.1, 0.15) is 21.5 Å². The van der Waals surface area contributed by atoms with Crippen LogP contribution in [0.5, 0.6) is 5.75 Å². The van der Waals surface area contributed by atoms with Gasteiger partial charge in [-0.15, -0.1) is 0 Å². The van der Waals surface area contributed by atoms with E-state index in [2.05, 4.69) is 21.2 Å². The summed E-state index contributed by atoms with van der Waals surface area (Å²) in [4.78, 5) is 12.3. The van der Waals surface area contributed by atoms with Crippen LogP contribution in [0.25, 0.3) is 0 Å². The molecule has 0 aromatic heterocycles. The maximum absolute atomic E-state index is 13.4. The molecule has 3 nitrogen and oxygen atoms in total. The minimum absolute atomic E-state index is 0.216. The molecule has 1 aliphatic rings. The molecule has 0 fully saturated rings. The molecular weight excluding hydrogens is 337 g/mol. The number of halogens is 2.